The number of nitrogens with two attached hydrogens (primary N) is 1. The Morgan fingerprint density at radius 1 is 1.58 bits per heavy atom. The van der Waals surface area contributed by atoms with Gasteiger partial charge < -0.3 is 5.73 Å². The Hall–Kier alpha value is -0.440. The van der Waals surface area contributed by atoms with Crippen LogP contribution in [0, 0.1) is 0 Å². The zero-order valence-electron chi connectivity index (χ0n) is 7.62. The molecule has 0 rings (SSSR count). The second-order valence-corrected chi connectivity index (χ2v) is 2.90. The molecule has 12 heavy (non-hydrogen) atoms. The number of hydrogen-bond donors (Lipinski definition) is 2. The van der Waals surface area contributed by atoms with Crippen molar-refractivity contribution in [3.05, 3.63) is 12.3 Å². The summed E-state index contributed by atoms with van der Waals surface area (Å²) in [5, 5.41) is 0. The molecular formula is C7H17NO3P+. The lowest BCUT2D eigenvalue weighted by Crippen LogP contribution is -2.00. The van der Waals surface area contributed by atoms with E-state index in [1.807, 2.05) is 0 Å². The van der Waals surface area contributed by atoms with Gasteiger partial charge in [0.15, 0.2) is 0 Å². The second kappa shape index (κ2) is 10.6. The molecule has 0 aromatic carbocycles. The van der Waals surface area contributed by atoms with E-state index in [1.54, 1.807) is 0 Å². The third-order valence-corrected chi connectivity index (χ3v) is 1.21. The van der Waals surface area contributed by atoms with Gasteiger partial charge in [0.1, 0.15) is 6.61 Å². The fraction of sp³-hybridized carbons (Fsp3) is 0.714. The highest BCUT2D eigenvalue weighted by atomic mass is 31.1. The topological polar surface area (TPSA) is 72.5 Å². The van der Waals surface area contributed by atoms with Crippen LogP contribution in [0.2, 0.25) is 0 Å². The predicted octanol–water partition coefficient (Wildman–Crippen LogP) is 1.93. The summed E-state index contributed by atoms with van der Waals surface area (Å²) in [4.78, 5) is 7.99. The smallest absolute Gasteiger partial charge is 0.400 e. The Kier molecular flexibility index (Phi) is 12.4. The predicted molar refractivity (Wildman–Crippen MR) is 49.7 cm³/mol. The van der Waals surface area contributed by atoms with Gasteiger partial charge in [-0.15, -0.1) is 9.42 Å². The molecule has 1 unspecified atom stereocenters. The first-order valence-electron chi connectivity index (χ1n) is 3.76. The van der Waals surface area contributed by atoms with Crippen LogP contribution in [0.15, 0.2) is 12.3 Å². The lowest BCUT2D eigenvalue weighted by molar-refractivity contribution is 0.305. The van der Waals surface area contributed by atoms with E-state index in [0.29, 0.717) is 0 Å². The molecule has 0 aliphatic heterocycles. The Bertz CT molecular complexity index is 123. The third-order valence-electron chi connectivity index (χ3n) is 0.860. The first-order chi connectivity index (χ1) is 5.54. The summed E-state index contributed by atoms with van der Waals surface area (Å²) in [6, 6.07) is 0. The molecule has 0 amide bonds. The molecule has 5 heteroatoms. The lowest BCUT2D eigenvalue weighted by Gasteiger charge is -1.84. The van der Waals surface area contributed by atoms with E-state index < -0.39 is 8.25 Å². The summed E-state index contributed by atoms with van der Waals surface area (Å²) in [7, 11) is -2.52. The van der Waals surface area contributed by atoms with E-state index in [0.717, 1.165) is 0 Å². The van der Waals surface area contributed by atoms with Crippen molar-refractivity contribution in [2.75, 3.05) is 6.61 Å². The minimum Gasteiger partial charge on any atom is -0.400 e. The standard InChI is InChI=1S/C4H10.C3H6NO3P/c1-3-4-2;1-3(4)2-7-8(5)6/h3-4H2,1-2H3;1-2,4H2/p+1. The molecule has 0 fully saturated rings. The fourth-order valence-corrected chi connectivity index (χ4v) is 0.414. The molecule has 0 aliphatic rings. The molecule has 3 N–H and O–H groups in total. The van der Waals surface area contributed by atoms with Gasteiger partial charge in [0.05, 0.1) is 0 Å². The highest BCUT2D eigenvalue weighted by molar-refractivity contribution is 7.32. The summed E-state index contributed by atoms with van der Waals surface area (Å²) in [6.07, 6.45) is 2.64. The van der Waals surface area contributed by atoms with Gasteiger partial charge in [-0.2, -0.15) is 0 Å². The molecule has 0 spiro atoms. The average molecular weight is 194 g/mol. The van der Waals surface area contributed by atoms with E-state index in [2.05, 4.69) is 25.0 Å². The first kappa shape index (κ1) is 14.1. The van der Waals surface area contributed by atoms with Crippen LogP contribution >= 0.6 is 8.25 Å². The first-order valence-corrected chi connectivity index (χ1v) is 4.89. The summed E-state index contributed by atoms with van der Waals surface area (Å²) in [5.74, 6) is 0. The van der Waals surface area contributed by atoms with Crippen LogP contribution in [0.4, 0.5) is 0 Å². The van der Waals surface area contributed by atoms with Crippen molar-refractivity contribution in [1.29, 1.82) is 0 Å². The molecule has 0 aromatic heterocycles. The molecule has 0 saturated carbocycles. The van der Waals surface area contributed by atoms with Gasteiger partial charge in [0, 0.05) is 10.3 Å². The summed E-state index contributed by atoms with van der Waals surface area (Å²) < 4.78 is 13.9. The quantitative estimate of drug-likeness (QED) is 0.670. The molecule has 0 aliphatic carbocycles. The van der Waals surface area contributed by atoms with Gasteiger partial charge in [-0.1, -0.05) is 33.3 Å². The minimum atomic E-state index is -2.52. The van der Waals surface area contributed by atoms with E-state index in [4.69, 9.17) is 10.6 Å². The molecule has 72 valence electrons. The molecule has 0 saturated heterocycles. The van der Waals surface area contributed by atoms with Crippen LogP contribution in [0.25, 0.3) is 0 Å². The molecule has 0 aromatic rings. The van der Waals surface area contributed by atoms with E-state index in [9.17, 15) is 4.57 Å². The van der Waals surface area contributed by atoms with Crippen molar-refractivity contribution >= 4 is 8.25 Å². The summed E-state index contributed by atoms with van der Waals surface area (Å²) in [5.41, 5.74) is 5.22. The highest BCUT2D eigenvalue weighted by Gasteiger charge is 2.10. The van der Waals surface area contributed by atoms with Crippen molar-refractivity contribution in [3.8, 4) is 0 Å². The van der Waals surface area contributed by atoms with Crippen LogP contribution in [-0.4, -0.2) is 11.5 Å². The summed E-state index contributed by atoms with van der Waals surface area (Å²) in [6.45, 7) is 7.54. The van der Waals surface area contributed by atoms with Gasteiger partial charge in [-0.3, -0.25) is 0 Å². The van der Waals surface area contributed by atoms with Gasteiger partial charge in [-0.05, 0) is 0 Å². The van der Waals surface area contributed by atoms with E-state index in [-0.39, 0.29) is 12.3 Å². The van der Waals surface area contributed by atoms with Gasteiger partial charge >= 0.3 is 8.25 Å². The van der Waals surface area contributed by atoms with E-state index in [1.165, 1.54) is 12.8 Å². The van der Waals surface area contributed by atoms with Crippen LogP contribution in [0.5, 0.6) is 0 Å². The van der Waals surface area contributed by atoms with Crippen molar-refractivity contribution in [1.82, 2.24) is 0 Å². The van der Waals surface area contributed by atoms with Crippen LogP contribution < -0.4 is 5.73 Å². The van der Waals surface area contributed by atoms with Crippen molar-refractivity contribution in [2.45, 2.75) is 26.7 Å². The van der Waals surface area contributed by atoms with Crippen molar-refractivity contribution in [2.24, 2.45) is 5.73 Å². The Balaban J connectivity index is 0. The zero-order chi connectivity index (χ0) is 9.98. The van der Waals surface area contributed by atoms with E-state index >= 15 is 0 Å². The molecule has 1 atom stereocenters. The van der Waals surface area contributed by atoms with Crippen LogP contribution in [-0.2, 0) is 9.09 Å². The van der Waals surface area contributed by atoms with Gasteiger partial charge in [0.2, 0.25) is 0 Å². The van der Waals surface area contributed by atoms with Gasteiger partial charge in [0.25, 0.3) is 0 Å². The number of unbranched alkanes of at least 4 members (excludes halogenated alkanes) is 1. The van der Waals surface area contributed by atoms with Crippen LogP contribution in [0.1, 0.15) is 26.7 Å². The average Bonchev–Trinajstić information content (AvgIpc) is 2.01. The number of hydrogen-bond acceptors (Lipinski definition) is 3. The number of rotatable bonds is 4. The van der Waals surface area contributed by atoms with Crippen molar-refractivity contribution in [3.63, 3.8) is 0 Å². The Morgan fingerprint density at radius 2 is 2.00 bits per heavy atom. The van der Waals surface area contributed by atoms with Crippen LogP contribution in [0.3, 0.4) is 0 Å². The second-order valence-electron chi connectivity index (χ2n) is 2.17. The fourth-order valence-electron chi connectivity index (χ4n) is 0.138. The Morgan fingerprint density at radius 3 is 2.08 bits per heavy atom. The molecule has 0 bridgehead atoms. The minimum absolute atomic E-state index is 0.0638. The molecule has 0 heterocycles. The monoisotopic (exact) mass is 194 g/mol. The molecule has 0 radical (unpaired) electrons. The lowest BCUT2D eigenvalue weighted by atomic mass is 10.4. The summed E-state index contributed by atoms with van der Waals surface area (Å²) >= 11 is 0. The third kappa shape index (κ3) is 22.7. The molecule has 4 nitrogen and oxygen atoms in total. The molecular weight excluding hydrogens is 177 g/mol. The Labute approximate surface area is 74.4 Å². The zero-order valence-corrected chi connectivity index (χ0v) is 8.51. The largest absolute Gasteiger partial charge is 0.695 e. The maximum Gasteiger partial charge on any atom is 0.695 e. The van der Waals surface area contributed by atoms with Gasteiger partial charge in [-0.25, -0.2) is 0 Å². The maximum absolute atomic E-state index is 9.73. The maximum atomic E-state index is 9.73. The SMILES string of the molecule is C=C(N)CO[P+](=O)O.CCCC. The highest BCUT2D eigenvalue weighted by Crippen LogP contribution is 2.13. The normalized spacial score (nSPS) is 9.75. The van der Waals surface area contributed by atoms with Crippen molar-refractivity contribution < 1.29 is 14.0 Å².